The Morgan fingerprint density at radius 2 is 2.07 bits per heavy atom. The largest absolute Gasteiger partial charge is 0.497 e. The molecule has 2 aromatic heterocycles. The van der Waals surface area contributed by atoms with Crippen LogP contribution in [-0.2, 0) is 17.1 Å². The minimum Gasteiger partial charge on any atom is -0.497 e. The molecule has 28 heavy (non-hydrogen) atoms. The number of aromatic nitrogens is 4. The van der Waals surface area contributed by atoms with Crippen molar-refractivity contribution >= 4 is 53.6 Å². The number of anilines is 1. The van der Waals surface area contributed by atoms with Gasteiger partial charge < -0.3 is 19.0 Å². The second-order valence-electron chi connectivity index (χ2n) is 5.78. The SMILES string of the molecule is COc1ccc(CNc2nc(Cl)c(C)c3nc(CCOSI)nn23)c(OC)c1. The van der Waals surface area contributed by atoms with Crippen molar-refractivity contribution in [3.63, 3.8) is 0 Å². The highest BCUT2D eigenvalue weighted by Crippen LogP contribution is 2.26. The molecule has 0 radical (unpaired) electrons. The van der Waals surface area contributed by atoms with Crippen molar-refractivity contribution < 1.29 is 13.7 Å². The second kappa shape index (κ2) is 9.81. The van der Waals surface area contributed by atoms with Gasteiger partial charge in [0.2, 0.25) is 5.95 Å². The van der Waals surface area contributed by atoms with E-state index in [-0.39, 0.29) is 0 Å². The van der Waals surface area contributed by atoms with Crippen molar-refractivity contribution in [2.75, 3.05) is 26.1 Å². The molecule has 3 aromatic rings. The average Bonchev–Trinajstić information content (AvgIpc) is 3.14. The zero-order valence-electron chi connectivity index (χ0n) is 15.5. The molecule has 0 fully saturated rings. The Hall–Kier alpha value is -1.50. The lowest BCUT2D eigenvalue weighted by Crippen LogP contribution is -2.10. The number of fused-ring (bicyclic) bond motifs is 1. The van der Waals surface area contributed by atoms with Gasteiger partial charge in [-0.05, 0) is 19.1 Å². The predicted molar refractivity (Wildman–Crippen MR) is 119 cm³/mol. The molecule has 0 saturated heterocycles. The smallest absolute Gasteiger partial charge is 0.227 e. The lowest BCUT2D eigenvalue weighted by Gasteiger charge is -2.12. The van der Waals surface area contributed by atoms with Gasteiger partial charge in [0.15, 0.2) is 11.5 Å². The van der Waals surface area contributed by atoms with Crippen LogP contribution < -0.4 is 14.8 Å². The molecule has 11 heteroatoms. The highest BCUT2D eigenvalue weighted by atomic mass is 127. The molecule has 1 aromatic carbocycles. The first-order chi connectivity index (χ1) is 13.6. The minimum absolute atomic E-state index is 0.384. The third-order valence-corrected chi connectivity index (χ3v) is 5.47. The fourth-order valence-electron chi connectivity index (χ4n) is 2.62. The van der Waals surface area contributed by atoms with Crippen LogP contribution in [0, 0.1) is 6.92 Å². The zero-order chi connectivity index (χ0) is 20.1. The van der Waals surface area contributed by atoms with Crippen LogP contribution in [0.4, 0.5) is 5.95 Å². The first-order valence-electron chi connectivity index (χ1n) is 8.34. The van der Waals surface area contributed by atoms with E-state index in [4.69, 9.17) is 25.3 Å². The second-order valence-corrected chi connectivity index (χ2v) is 7.58. The topological polar surface area (TPSA) is 82.8 Å². The van der Waals surface area contributed by atoms with Gasteiger partial charge in [-0.3, -0.25) is 0 Å². The van der Waals surface area contributed by atoms with Gasteiger partial charge in [0.25, 0.3) is 0 Å². The minimum atomic E-state index is 0.384. The number of ether oxygens (including phenoxy) is 2. The summed E-state index contributed by atoms with van der Waals surface area (Å²) >= 11 is 8.39. The van der Waals surface area contributed by atoms with Gasteiger partial charge >= 0.3 is 0 Å². The number of benzene rings is 1. The summed E-state index contributed by atoms with van der Waals surface area (Å²) in [6.07, 6.45) is 0.598. The Labute approximate surface area is 184 Å². The van der Waals surface area contributed by atoms with Crippen LogP contribution >= 0.6 is 42.0 Å². The maximum atomic E-state index is 6.31. The molecule has 0 unspecified atom stereocenters. The van der Waals surface area contributed by atoms with E-state index in [1.807, 2.05) is 25.1 Å². The monoisotopic (exact) mass is 535 g/mol. The Kier molecular flexibility index (Phi) is 7.43. The first kappa shape index (κ1) is 21.2. The van der Waals surface area contributed by atoms with Gasteiger partial charge in [0, 0.05) is 51.4 Å². The van der Waals surface area contributed by atoms with Crippen molar-refractivity contribution in [1.82, 2.24) is 19.6 Å². The molecule has 150 valence electrons. The van der Waals surface area contributed by atoms with Crippen LogP contribution in [0.5, 0.6) is 11.5 Å². The lowest BCUT2D eigenvalue weighted by atomic mass is 10.2. The summed E-state index contributed by atoms with van der Waals surface area (Å²) in [6.45, 7) is 2.87. The van der Waals surface area contributed by atoms with Crippen molar-refractivity contribution in [2.24, 2.45) is 0 Å². The molecule has 0 aliphatic heterocycles. The van der Waals surface area contributed by atoms with E-state index in [9.17, 15) is 0 Å². The number of nitrogens with one attached hydrogen (secondary N) is 1. The highest BCUT2D eigenvalue weighted by Gasteiger charge is 2.15. The quantitative estimate of drug-likeness (QED) is 0.188. The fraction of sp³-hybridized carbons (Fsp3) is 0.353. The molecular weight excluding hydrogens is 517 g/mol. The van der Waals surface area contributed by atoms with Crippen molar-refractivity contribution in [3.8, 4) is 11.5 Å². The molecule has 3 rings (SSSR count). The van der Waals surface area contributed by atoms with E-state index in [1.165, 1.54) is 9.21 Å². The summed E-state index contributed by atoms with van der Waals surface area (Å²) in [6, 6.07) is 5.65. The summed E-state index contributed by atoms with van der Waals surface area (Å²) < 4.78 is 17.7. The Balaban J connectivity index is 1.87. The van der Waals surface area contributed by atoms with Crippen LogP contribution in [0.2, 0.25) is 5.15 Å². The predicted octanol–water partition coefficient (Wildman–Crippen LogP) is 4.27. The van der Waals surface area contributed by atoms with Gasteiger partial charge in [-0.2, -0.15) is 4.52 Å². The van der Waals surface area contributed by atoms with E-state index in [2.05, 4.69) is 41.6 Å². The van der Waals surface area contributed by atoms with Crippen molar-refractivity contribution in [3.05, 3.63) is 40.3 Å². The van der Waals surface area contributed by atoms with Crippen LogP contribution in [0.15, 0.2) is 18.2 Å². The Morgan fingerprint density at radius 3 is 2.79 bits per heavy atom. The number of hydrogen-bond acceptors (Lipinski definition) is 8. The number of nitrogens with zero attached hydrogens (tertiary/aromatic N) is 4. The molecule has 0 aliphatic rings. The van der Waals surface area contributed by atoms with Crippen molar-refractivity contribution in [2.45, 2.75) is 19.9 Å². The van der Waals surface area contributed by atoms with Crippen LogP contribution in [-0.4, -0.2) is 40.4 Å². The van der Waals surface area contributed by atoms with Crippen LogP contribution in [0.1, 0.15) is 17.0 Å². The Bertz CT molecular complexity index is 972. The number of halogens is 2. The summed E-state index contributed by atoms with van der Waals surface area (Å²) in [5.41, 5.74) is 2.39. The molecule has 0 bridgehead atoms. The molecule has 0 atom stereocenters. The molecule has 2 heterocycles. The lowest BCUT2D eigenvalue weighted by molar-refractivity contribution is 0.381. The number of aryl methyl sites for hydroxylation is 1. The maximum absolute atomic E-state index is 6.31. The molecule has 0 amide bonds. The van der Waals surface area contributed by atoms with E-state index in [0.29, 0.717) is 47.9 Å². The summed E-state index contributed by atoms with van der Waals surface area (Å²) in [7, 11) is 4.53. The van der Waals surface area contributed by atoms with Gasteiger partial charge in [-0.15, -0.1) is 5.10 Å². The number of methoxy groups -OCH3 is 2. The van der Waals surface area contributed by atoms with Gasteiger partial charge in [0.1, 0.15) is 16.7 Å². The molecular formula is C17H19ClIN5O3S. The van der Waals surface area contributed by atoms with Gasteiger partial charge in [-0.25, -0.2) is 9.97 Å². The van der Waals surface area contributed by atoms with Crippen LogP contribution in [0.3, 0.4) is 0 Å². The summed E-state index contributed by atoms with van der Waals surface area (Å²) in [5.74, 6) is 2.62. The number of hydrogen-bond donors (Lipinski definition) is 1. The van der Waals surface area contributed by atoms with Gasteiger partial charge in [0.05, 0.1) is 30.0 Å². The number of rotatable bonds is 9. The molecule has 8 nitrogen and oxygen atoms in total. The summed E-state index contributed by atoms with van der Waals surface area (Å²) in [5, 5.41) is 8.20. The standard InChI is InChI=1S/C17H19ClIN5O3S/c1-10-15(18)22-17(24-16(10)21-14(23-24)6-7-27-28-19)20-9-11-4-5-12(25-2)8-13(11)26-3/h4-5,8H,6-7,9H2,1-3H3,(H,20,22). The normalized spacial score (nSPS) is 11.0. The molecule has 0 aliphatic carbocycles. The summed E-state index contributed by atoms with van der Waals surface area (Å²) in [4.78, 5) is 9.00. The Morgan fingerprint density at radius 1 is 1.25 bits per heavy atom. The highest BCUT2D eigenvalue weighted by molar-refractivity contribution is 14.2. The molecule has 1 N–H and O–H groups in total. The first-order valence-corrected chi connectivity index (χ1v) is 12.0. The van der Waals surface area contributed by atoms with E-state index >= 15 is 0 Å². The van der Waals surface area contributed by atoms with E-state index < -0.39 is 0 Å². The third kappa shape index (κ3) is 4.73. The molecule has 0 saturated carbocycles. The zero-order valence-corrected chi connectivity index (χ0v) is 19.3. The maximum Gasteiger partial charge on any atom is 0.227 e. The fourth-order valence-corrected chi connectivity index (χ4v) is 3.47. The van der Waals surface area contributed by atoms with Gasteiger partial charge in [-0.1, -0.05) is 11.6 Å². The average molecular weight is 536 g/mol. The van der Waals surface area contributed by atoms with Crippen molar-refractivity contribution in [1.29, 1.82) is 0 Å². The van der Waals surface area contributed by atoms with Crippen LogP contribution in [0.25, 0.3) is 5.65 Å². The third-order valence-electron chi connectivity index (χ3n) is 4.09. The van der Waals surface area contributed by atoms with E-state index in [0.717, 1.165) is 16.9 Å². The van der Waals surface area contributed by atoms with E-state index in [1.54, 1.807) is 18.7 Å². The molecule has 0 spiro atoms.